The molecule has 0 aromatic heterocycles. The van der Waals surface area contributed by atoms with Crippen LogP contribution in [0.3, 0.4) is 0 Å². The van der Waals surface area contributed by atoms with Crippen LogP contribution in [0.15, 0.2) is 24.3 Å². The number of aliphatic carboxylic acids is 1. The van der Waals surface area contributed by atoms with Gasteiger partial charge in [0.1, 0.15) is 18.4 Å². The highest BCUT2D eigenvalue weighted by Crippen LogP contribution is 2.14. The van der Waals surface area contributed by atoms with Crippen LogP contribution in [0.1, 0.15) is 5.56 Å². The van der Waals surface area contributed by atoms with E-state index >= 15 is 0 Å². The summed E-state index contributed by atoms with van der Waals surface area (Å²) in [5.74, 6) is -1.30. The minimum atomic E-state index is -0.888. The maximum Gasteiger partial charge on any atom is 0.337 e. The van der Waals surface area contributed by atoms with Crippen molar-refractivity contribution in [2.24, 2.45) is 0 Å². The molecule has 1 aromatic carbocycles. The Morgan fingerprint density at radius 1 is 1.26 bits per heavy atom. The van der Waals surface area contributed by atoms with Crippen LogP contribution < -0.4 is 4.74 Å². The number of aliphatic hydroxyl groups is 1. The third-order valence-electron chi connectivity index (χ3n) is 2.62. The van der Waals surface area contributed by atoms with Gasteiger partial charge in [-0.2, -0.15) is 0 Å². The smallest absolute Gasteiger partial charge is 0.337 e. The number of benzene rings is 1. The van der Waals surface area contributed by atoms with Crippen LogP contribution in [0.2, 0.25) is 0 Å². The predicted molar refractivity (Wildman–Crippen MR) is 68.0 cm³/mol. The number of carboxylic acid groups (broad SMARTS) is 1. The third-order valence-corrected chi connectivity index (χ3v) is 2.62. The van der Waals surface area contributed by atoms with E-state index in [1.54, 1.807) is 43.3 Å². The van der Waals surface area contributed by atoms with Crippen molar-refractivity contribution >= 4 is 11.9 Å². The molecule has 0 saturated heterocycles. The van der Waals surface area contributed by atoms with Crippen molar-refractivity contribution in [2.45, 2.75) is 12.5 Å². The van der Waals surface area contributed by atoms with Crippen LogP contribution in [0.5, 0.6) is 5.75 Å². The summed E-state index contributed by atoms with van der Waals surface area (Å²) < 4.78 is 4.80. The quantitative estimate of drug-likeness (QED) is 0.563. The van der Waals surface area contributed by atoms with Gasteiger partial charge in [-0.15, -0.1) is 0 Å². The Bertz CT molecular complexity index is 441. The molecule has 0 aliphatic rings. The van der Waals surface area contributed by atoms with Crippen LogP contribution in [0.25, 0.3) is 0 Å². The van der Waals surface area contributed by atoms with Gasteiger partial charge in [0.25, 0.3) is 0 Å². The molecule has 19 heavy (non-hydrogen) atoms. The van der Waals surface area contributed by atoms with Crippen LogP contribution in [-0.4, -0.2) is 53.8 Å². The molecular weight excluding hydrogens is 250 g/mol. The van der Waals surface area contributed by atoms with Crippen molar-refractivity contribution in [3.63, 3.8) is 0 Å². The standard InChI is InChI=1S/C13H17NO5/c1-14(2)11(13(17)18)7-9-3-5-10(6-4-9)19-12(16)8-15/h3-6,11,15H,7-8H2,1-2H3,(H,17,18). The Labute approximate surface area is 111 Å². The predicted octanol–water partition coefficient (Wildman–Crippen LogP) is 0.142. The Morgan fingerprint density at radius 2 is 1.84 bits per heavy atom. The molecule has 0 aliphatic heterocycles. The third kappa shape index (κ3) is 4.69. The molecule has 0 bridgehead atoms. The van der Waals surface area contributed by atoms with Crippen molar-refractivity contribution in [1.29, 1.82) is 0 Å². The highest BCUT2D eigenvalue weighted by Gasteiger charge is 2.20. The number of ether oxygens (including phenoxy) is 1. The lowest BCUT2D eigenvalue weighted by atomic mass is 10.1. The summed E-state index contributed by atoms with van der Waals surface area (Å²) >= 11 is 0. The lowest BCUT2D eigenvalue weighted by Crippen LogP contribution is -2.37. The van der Waals surface area contributed by atoms with E-state index < -0.39 is 24.6 Å². The zero-order valence-electron chi connectivity index (χ0n) is 10.9. The molecule has 0 aliphatic carbocycles. The Morgan fingerprint density at radius 3 is 2.26 bits per heavy atom. The molecule has 2 N–H and O–H groups in total. The second-order valence-corrected chi connectivity index (χ2v) is 4.30. The fraction of sp³-hybridized carbons (Fsp3) is 0.385. The average Bonchev–Trinajstić information content (AvgIpc) is 2.36. The molecule has 0 amide bonds. The van der Waals surface area contributed by atoms with Gasteiger partial charge in [-0.3, -0.25) is 9.69 Å². The van der Waals surface area contributed by atoms with E-state index in [1.807, 2.05) is 0 Å². The highest BCUT2D eigenvalue weighted by atomic mass is 16.5. The van der Waals surface area contributed by atoms with Crippen LogP contribution >= 0.6 is 0 Å². The van der Waals surface area contributed by atoms with Crippen molar-refractivity contribution in [3.05, 3.63) is 29.8 Å². The molecule has 1 atom stereocenters. The van der Waals surface area contributed by atoms with E-state index in [-0.39, 0.29) is 0 Å². The van der Waals surface area contributed by atoms with Crippen LogP contribution in [0, 0.1) is 0 Å². The number of hydrogen-bond donors (Lipinski definition) is 2. The number of carbonyl (C=O) groups is 2. The summed E-state index contributed by atoms with van der Waals surface area (Å²) in [4.78, 5) is 23.6. The van der Waals surface area contributed by atoms with E-state index in [9.17, 15) is 9.59 Å². The summed E-state index contributed by atoms with van der Waals surface area (Å²) in [6.07, 6.45) is 0.358. The molecule has 1 rings (SSSR count). The van der Waals surface area contributed by atoms with Gasteiger partial charge in [0, 0.05) is 0 Å². The van der Waals surface area contributed by atoms with Crippen molar-refractivity contribution < 1.29 is 24.5 Å². The Kier molecular flexibility index (Phi) is 5.47. The van der Waals surface area contributed by atoms with Gasteiger partial charge in [-0.05, 0) is 38.2 Å². The maximum atomic E-state index is 11.1. The molecule has 0 radical (unpaired) electrons. The number of carbonyl (C=O) groups excluding carboxylic acids is 1. The van der Waals surface area contributed by atoms with E-state index in [0.717, 1.165) is 5.56 Å². The number of likely N-dealkylation sites (N-methyl/N-ethyl adjacent to an activating group) is 1. The second-order valence-electron chi connectivity index (χ2n) is 4.30. The summed E-state index contributed by atoms with van der Waals surface area (Å²) in [6.45, 7) is -0.677. The Hall–Kier alpha value is -1.92. The molecule has 0 spiro atoms. The first-order valence-corrected chi connectivity index (χ1v) is 5.73. The monoisotopic (exact) mass is 267 g/mol. The first-order valence-electron chi connectivity index (χ1n) is 5.73. The van der Waals surface area contributed by atoms with E-state index in [4.69, 9.17) is 14.9 Å². The number of nitrogens with zero attached hydrogens (tertiary/aromatic N) is 1. The van der Waals surface area contributed by atoms with E-state index in [2.05, 4.69) is 0 Å². The van der Waals surface area contributed by atoms with Crippen molar-refractivity contribution in [1.82, 2.24) is 4.90 Å². The van der Waals surface area contributed by atoms with Gasteiger partial charge < -0.3 is 14.9 Å². The number of hydrogen-bond acceptors (Lipinski definition) is 5. The van der Waals surface area contributed by atoms with Gasteiger partial charge in [0.15, 0.2) is 0 Å². The number of carboxylic acids is 1. The summed E-state index contributed by atoms with van der Waals surface area (Å²) in [6, 6.07) is 5.92. The molecule has 0 saturated carbocycles. The first kappa shape index (κ1) is 15.1. The Balaban J connectivity index is 2.70. The number of aliphatic hydroxyl groups excluding tert-OH is 1. The molecule has 0 heterocycles. The maximum absolute atomic E-state index is 11.1. The molecule has 6 nitrogen and oxygen atoms in total. The SMILES string of the molecule is CN(C)C(Cc1ccc(OC(=O)CO)cc1)C(=O)O. The number of esters is 1. The molecule has 1 aromatic rings. The van der Waals surface area contributed by atoms with Crippen molar-refractivity contribution in [2.75, 3.05) is 20.7 Å². The molecule has 6 heteroatoms. The fourth-order valence-electron chi connectivity index (χ4n) is 1.57. The lowest BCUT2D eigenvalue weighted by Gasteiger charge is -2.19. The summed E-state index contributed by atoms with van der Waals surface area (Å²) in [5.41, 5.74) is 0.824. The normalized spacial score (nSPS) is 12.2. The van der Waals surface area contributed by atoms with Gasteiger partial charge in [-0.1, -0.05) is 12.1 Å². The minimum Gasteiger partial charge on any atom is -0.480 e. The fourth-order valence-corrected chi connectivity index (χ4v) is 1.57. The molecule has 1 unspecified atom stereocenters. The average molecular weight is 267 g/mol. The van der Waals surface area contributed by atoms with Gasteiger partial charge >= 0.3 is 11.9 Å². The summed E-state index contributed by atoms with van der Waals surface area (Å²) in [7, 11) is 3.41. The summed E-state index contributed by atoms with van der Waals surface area (Å²) in [5, 5.41) is 17.6. The molecule has 0 fully saturated rings. The molecular formula is C13H17NO5. The van der Waals surface area contributed by atoms with Crippen LogP contribution in [0.4, 0.5) is 0 Å². The van der Waals surface area contributed by atoms with Crippen molar-refractivity contribution in [3.8, 4) is 5.75 Å². The minimum absolute atomic E-state index is 0.319. The lowest BCUT2D eigenvalue weighted by molar-refractivity contribution is -0.142. The second kappa shape index (κ2) is 6.86. The van der Waals surface area contributed by atoms with Crippen LogP contribution in [-0.2, 0) is 16.0 Å². The zero-order valence-corrected chi connectivity index (χ0v) is 10.9. The largest absolute Gasteiger partial charge is 0.480 e. The highest BCUT2D eigenvalue weighted by molar-refractivity contribution is 5.74. The number of rotatable bonds is 6. The van der Waals surface area contributed by atoms with E-state index in [0.29, 0.717) is 12.2 Å². The molecule has 104 valence electrons. The topological polar surface area (TPSA) is 87.1 Å². The zero-order chi connectivity index (χ0) is 14.4. The van der Waals surface area contributed by atoms with Gasteiger partial charge in [-0.25, -0.2) is 4.79 Å². The van der Waals surface area contributed by atoms with E-state index in [1.165, 1.54) is 0 Å². The van der Waals surface area contributed by atoms with Gasteiger partial charge in [0.05, 0.1) is 0 Å². The van der Waals surface area contributed by atoms with Gasteiger partial charge in [0.2, 0.25) is 0 Å². The first-order chi connectivity index (χ1) is 8.93.